The molecule has 0 N–H and O–H groups in total. The Bertz CT molecular complexity index is 339. The Kier molecular flexibility index (Phi) is 3.81. The maximum Gasteiger partial charge on any atom is 0.119 e. The van der Waals surface area contributed by atoms with Gasteiger partial charge in [0.15, 0.2) is 0 Å². The highest BCUT2D eigenvalue weighted by atomic mass is 16.5. The van der Waals surface area contributed by atoms with Crippen LogP contribution in [-0.2, 0) is 0 Å². The average Bonchev–Trinajstić information content (AvgIpc) is 2.38. The van der Waals surface area contributed by atoms with Crippen molar-refractivity contribution < 1.29 is 4.74 Å². The second-order valence-electron chi connectivity index (χ2n) is 4.04. The number of rotatable bonds is 3. The first-order valence-corrected chi connectivity index (χ1v) is 5.81. The molecular weight excluding hydrogens is 200 g/mol. The van der Waals surface area contributed by atoms with Gasteiger partial charge in [0.1, 0.15) is 5.75 Å². The molecule has 1 aromatic carbocycles. The molecule has 0 unspecified atom stereocenters. The van der Waals surface area contributed by atoms with Gasteiger partial charge in [-0.1, -0.05) is 0 Å². The van der Waals surface area contributed by atoms with E-state index >= 15 is 0 Å². The van der Waals surface area contributed by atoms with E-state index in [1.807, 2.05) is 30.6 Å². The number of hydrogen-bond acceptors (Lipinski definition) is 2. The van der Waals surface area contributed by atoms with E-state index in [1.165, 1.54) is 19.3 Å². The van der Waals surface area contributed by atoms with E-state index in [0.29, 0.717) is 0 Å². The van der Waals surface area contributed by atoms with Crippen LogP contribution >= 0.6 is 0 Å². The van der Waals surface area contributed by atoms with Crippen molar-refractivity contribution in [2.45, 2.75) is 19.3 Å². The molecule has 0 saturated carbocycles. The largest absolute Gasteiger partial charge is 0.497 e. The van der Waals surface area contributed by atoms with Crippen LogP contribution in [0, 0.1) is 0 Å². The Labute approximate surface area is 96.7 Å². The summed E-state index contributed by atoms with van der Waals surface area (Å²) in [5, 5.41) is 0. The molecule has 2 rings (SSSR count). The van der Waals surface area contributed by atoms with Crippen molar-refractivity contribution in [1.29, 1.82) is 0 Å². The number of piperidine rings is 1. The van der Waals surface area contributed by atoms with Crippen LogP contribution in [0.3, 0.4) is 0 Å². The maximum atomic E-state index is 5.10. The summed E-state index contributed by atoms with van der Waals surface area (Å²) in [6, 6.07) is 7.81. The topological polar surface area (TPSA) is 24.8 Å². The van der Waals surface area contributed by atoms with Crippen LogP contribution < -0.4 is 4.74 Å². The van der Waals surface area contributed by atoms with Crippen LogP contribution in [0.1, 0.15) is 19.3 Å². The minimum atomic E-state index is 0.872. The van der Waals surface area contributed by atoms with E-state index in [9.17, 15) is 0 Å². The predicted molar refractivity (Wildman–Crippen MR) is 66.6 cm³/mol. The van der Waals surface area contributed by atoms with Gasteiger partial charge in [-0.2, -0.15) is 0 Å². The highest BCUT2D eigenvalue weighted by molar-refractivity contribution is 5.61. The third kappa shape index (κ3) is 2.99. The van der Waals surface area contributed by atoms with E-state index in [2.05, 4.69) is 9.89 Å². The van der Waals surface area contributed by atoms with Crippen LogP contribution in [0.5, 0.6) is 5.75 Å². The SMILES string of the molecule is COc1ccc(N=CN2CCCCC2)cc1. The highest BCUT2D eigenvalue weighted by Gasteiger charge is 2.05. The molecule has 0 spiro atoms. The van der Waals surface area contributed by atoms with Gasteiger partial charge >= 0.3 is 0 Å². The summed E-state index contributed by atoms with van der Waals surface area (Å²) in [5.41, 5.74) is 0.978. The van der Waals surface area contributed by atoms with Crippen LogP contribution in [0.15, 0.2) is 29.3 Å². The molecule has 1 fully saturated rings. The third-order valence-corrected chi connectivity index (χ3v) is 2.83. The Balaban J connectivity index is 1.94. The fraction of sp³-hybridized carbons (Fsp3) is 0.462. The molecule has 3 nitrogen and oxygen atoms in total. The van der Waals surface area contributed by atoms with E-state index < -0.39 is 0 Å². The molecule has 0 aliphatic carbocycles. The van der Waals surface area contributed by atoms with Gasteiger partial charge in [-0.05, 0) is 43.5 Å². The second-order valence-corrected chi connectivity index (χ2v) is 4.04. The molecule has 0 amide bonds. The highest BCUT2D eigenvalue weighted by Crippen LogP contribution is 2.17. The monoisotopic (exact) mass is 218 g/mol. The van der Waals surface area contributed by atoms with Gasteiger partial charge in [-0.15, -0.1) is 0 Å². The standard InChI is InChI=1S/C13H18N2O/c1-16-13-7-5-12(6-8-13)14-11-15-9-3-2-4-10-15/h5-8,11H,2-4,9-10H2,1H3. The first-order valence-electron chi connectivity index (χ1n) is 5.81. The van der Waals surface area contributed by atoms with E-state index in [-0.39, 0.29) is 0 Å². The molecule has 1 aliphatic rings. The van der Waals surface area contributed by atoms with Crippen LogP contribution in [0.4, 0.5) is 5.69 Å². The molecule has 0 radical (unpaired) electrons. The number of nitrogens with zero attached hydrogens (tertiary/aromatic N) is 2. The first kappa shape index (κ1) is 11.0. The molecule has 1 heterocycles. The minimum absolute atomic E-state index is 0.872. The Morgan fingerprint density at radius 1 is 1.12 bits per heavy atom. The van der Waals surface area contributed by atoms with Gasteiger partial charge < -0.3 is 9.64 Å². The van der Waals surface area contributed by atoms with Crippen LogP contribution in [-0.4, -0.2) is 31.4 Å². The van der Waals surface area contributed by atoms with Crippen molar-refractivity contribution in [3.05, 3.63) is 24.3 Å². The normalized spacial score (nSPS) is 16.7. The summed E-state index contributed by atoms with van der Waals surface area (Å²) in [7, 11) is 1.67. The second kappa shape index (κ2) is 5.54. The fourth-order valence-corrected chi connectivity index (χ4v) is 1.85. The quantitative estimate of drug-likeness (QED) is 0.575. The summed E-state index contributed by atoms with van der Waals surface area (Å²) in [6.45, 7) is 2.28. The molecule has 16 heavy (non-hydrogen) atoms. The van der Waals surface area contributed by atoms with Crippen molar-refractivity contribution in [2.75, 3.05) is 20.2 Å². The zero-order valence-electron chi connectivity index (χ0n) is 9.72. The van der Waals surface area contributed by atoms with Gasteiger partial charge in [0.2, 0.25) is 0 Å². The summed E-state index contributed by atoms with van der Waals surface area (Å²) >= 11 is 0. The van der Waals surface area contributed by atoms with Crippen molar-refractivity contribution in [3.8, 4) is 5.75 Å². The number of benzene rings is 1. The average molecular weight is 218 g/mol. The molecule has 3 heteroatoms. The Morgan fingerprint density at radius 3 is 2.44 bits per heavy atom. The van der Waals surface area contributed by atoms with E-state index in [4.69, 9.17) is 4.74 Å². The van der Waals surface area contributed by atoms with E-state index in [0.717, 1.165) is 24.5 Å². The lowest BCUT2D eigenvalue weighted by Crippen LogP contribution is -2.27. The zero-order chi connectivity index (χ0) is 11.2. The van der Waals surface area contributed by atoms with E-state index in [1.54, 1.807) is 7.11 Å². The number of hydrogen-bond donors (Lipinski definition) is 0. The van der Waals surface area contributed by atoms with Gasteiger partial charge in [0, 0.05) is 13.1 Å². The molecule has 86 valence electrons. The molecule has 0 bridgehead atoms. The molecule has 1 aromatic rings. The lowest BCUT2D eigenvalue weighted by atomic mass is 10.1. The molecule has 0 aromatic heterocycles. The number of aliphatic imine (C=N–C) groups is 1. The number of ether oxygens (including phenoxy) is 1. The number of methoxy groups -OCH3 is 1. The van der Waals surface area contributed by atoms with Crippen LogP contribution in [0.25, 0.3) is 0 Å². The number of likely N-dealkylation sites (tertiary alicyclic amines) is 1. The zero-order valence-corrected chi connectivity index (χ0v) is 9.72. The smallest absolute Gasteiger partial charge is 0.119 e. The van der Waals surface area contributed by atoms with Gasteiger partial charge in [-0.3, -0.25) is 0 Å². The van der Waals surface area contributed by atoms with Gasteiger partial charge in [0.05, 0.1) is 19.1 Å². The molecule has 0 atom stereocenters. The summed E-state index contributed by atoms with van der Waals surface area (Å²) in [6.07, 6.45) is 5.89. The molecule has 1 aliphatic heterocycles. The summed E-state index contributed by atoms with van der Waals surface area (Å²) < 4.78 is 5.10. The maximum absolute atomic E-state index is 5.10. The van der Waals surface area contributed by atoms with Crippen LogP contribution in [0.2, 0.25) is 0 Å². The molecular formula is C13H18N2O. The fourth-order valence-electron chi connectivity index (χ4n) is 1.85. The lowest BCUT2D eigenvalue weighted by Gasteiger charge is -2.23. The lowest BCUT2D eigenvalue weighted by molar-refractivity contribution is 0.351. The van der Waals surface area contributed by atoms with Crippen molar-refractivity contribution in [2.24, 2.45) is 4.99 Å². The minimum Gasteiger partial charge on any atom is -0.497 e. The third-order valence-electron chi connectivity index (χ3n) is 2.83. The van der Waals surface area contributed by atoms with Gasteiger partial charge in [0.25, 0.3) is 0 Å². The predicted octanol–water partition coefficient (Wildman–Crippen LogP) is 2.84. The summed E-state index contributed by atoms with van der Waals surface area (Å²) in [4.78, 5) is 6.74. The Hall–Kier alpha value is -1.51. The molecule has 1 saturated heterocycles. The summed E-state index contributed by atoms with van der Waals surface area (Å²) in [5.74, 6) is 0.872. The van der Waals surface area contributed by atoms with Crippen molar-refractivity contribution in [1.82, 2.24) is 4.90 Å². The van der Waals surface area contributed by atoms with Crippen molar-refractivity contribution in [3.63, 3.8) is 0 Å². The van der Waals surface area contributed by atoms with Gasteiger partial charge in [-0.25, -0.2) is 4.99 Å². The Morgan fingerprint density at radius 2 is 1.81 bits per heavy atom. The van der Waals surface area contributed by atoms with Crippen molar-refractivity contribution >= 4 is 12.0 Å². The first-order chi connectivity index (χ1) is 7.88.